The number of nitrogens with zero attached hydrogens (tertiary/aromatic N) is 4. The van der Waals surface area contributed by atoms with E-state index in [1.54, 1.807) is 18.2 Å². The zero-order valence-corrected chi connectivity index (χ0v) is 14.0. The highest BCUT2D eigenvalue weighted by molar-refractivity contribution is 6.39. The maximum atomic E-state index is 12.0. The number of tetrazole rings is 1. The molecule has 1 unspecified atom stereocenters. The second-order valence-electron chi connectivity index (χ2n) is 6.07. The lowest BCUT2D eigenvalue weighted by atomic mass is 9.94. The Morgan fingerprint density at radius 3 is 2.84 bits per heavy atom. The minimum absolute atomic E-state index is 0.402. The van der Waals surface area contributed by atoms with Crippen LogP contribution in [0, 0.1) is 12.8 Å². The summed E-state index contributed by atoms with van der Waals surface area (Å²) in [5.74, 6) is -0.878. The topological polar surface area (TPSA) is 102 Å². The fraction of sp³-hybridized carbons (Fsp3) is 0.353. The van der Waals surface area contributed by atoms with Crippen LogP contribution in [-0.2, 0) is 9.59 Å². The second-order valence-corrected chi connectivity index (χ2v) is 6.07. The summed E-state index contributed by atoms with van der Waals surface area (Å²) in [6, 6.07) is 5.27. The number of amides is 2. The highest BCUT2D eigenvalue weighted by Crippen LogP contribution is 2.18. The van der Waals surface area contributed by atoms with Crippen LogP contribution in [0.15, 0.2) is 36.7 Å². The fourth-order valence-electron chi connectivity index (χ4n) is 2.81. The van der Waals surface area contributed by atoms with Crippen molar-refractivity contribution in [3.63, 3.8) is 0 Å². The quantitative estimate of drug-likeness (QED) is 0.647. The van der Waals surface area contributed by atoms with Crippen LogP contribution in [0.3, 0.4) is 0 Å². The first kappa shape index (κ1) is 16.8. The van der Waals surface area contributed by atoms with E-state index >= 15 is 0 Å². The molecule has 0 spiro atoms. The molecule has 0 aliphatic heterocycles. The van der Waals surface area contributed by atoms with E-state index in [4.69, 9.17) is 0 Å². The maximum absolute atomic E-state index is 12.0. The first-order valence-corrected chi connectivity index (χ1v) is 8.21. The Balaban J connectivity index is 1.56. The van der Waals surface area contributed by atoms with E-state index in [1.807, 2.05) is 6.92 Å². The van der Waals surface area contributed by atoms with Crippen LogP contribution >= 0.6 is 0 Å². The number of nitrogens with one attached hydrogen (secondary N) is 2. The highest BCUT2D eigenvalue weighted by Gasteiger charge is 2.17. The number of anilines is 1. The largest absolute Gasteiger partial charge is 0.348 e. The lowest BCUT2D eigenvalue weighted by Gasteiger charge is -2.17. The van der Waals surface area contributed by atoms with Gasteiger partial charge in [0, 0.05) is 12.2 Å². The first-order valence-electron chi connectivity index (χ1n) is 8.21. The molecule has 0 radical (unpaired) electrons. The van der Waals surface area contributed by atoms with Gasteiger partial charge in [-0.3, -0.25) is 9.59 Å². The third kappa shape index (κ3) is 4.28. The van der Waals surface area contributed by atoms with Gasteiger partial charge in [0.2, 0.25) is 0 Å². The van der Waals surface area contributed by atoms with Gasteiger partial charge < -0.3 is 10.6 Å². The smallest absolute Gasteiger partial charge is 0.313 e. The van der Waals surface area contributed by atoms with Crippen LogP contribution < -0.4 is 10.6 Å². The molecule has 1 aromatic heterocycles. The number of rotatable bonds is 4. The molecule has 1 aromatic carbocycles. The number of aromatic nitrogens is 4. The van der Waals surface area contributed by atoms with Crippen molar-refractivity contribution in [1.82, 2.24) is 25.5 Å². The number of benzene rings is 1. The van der Waals surface area contributed by atoms with Crippen molar-refractivity contribution >= 4 is 17.5 Å². The number of carbonyl (C=O) groups excluding carboxylic acids is 2. The Bertz CT molecular complexity index is 784. The van der Waals surface area contributed by atoms with Gasteiger partial charge in [0.1, 0.15) is 6.33 Å². The van der Waals surface area contributed by atoms with E-state index in [0.29, 0.717) is 18.2 Å². The van der Waals surface area contributed by atoms with Crippen LogP contribution in [0.4, 0.5) is 5.69 Å². The van der Waals surface area contributed by atoms with Crippen molar-refractivity contribution in [3.8, 4) is 5.69 Å². The SMILES string of the molecule is Cc1cc(NC(=O)C(=O)NCC2CC=CCC2)ccc1-n1cnnn1. The van der Waals surface area contributed by atoms with E-state index in [0.717, 1.165) is 30.5 Å². The molecule has 3 rings (SSSR count). The molecular formula is C17H20N6O2. The minimum Gasteiger partial charge on any atom is -0.348 e. The van der Waals surface area contributed by atoms with E-state index < -0.39 is 11.8 Å². The van der Waals surface area contributed by atoms with Gasteiger partial charge in [-0.2, -0.15) is 0 Å². The van der Waals surface area contributed by atoms with Crippen LogP contribution in [-0.4, -0.2) is 38.6 Å². The number of hydrogen-bond donors (Lipinski definition) is 2. The van der Waals surface area contributed by atoms with Crippen molar-refractivity contribution in [2.24, 2.45) is 5.92 Å². The van der Waals surface area contributed by atoms with E-state index in [9.17, 15) is 9.59 Å². The first-order chi connectivity index (χ1) is 12.1. The van der Waals surface area contributed by atoms with Crippen molar-refractivity contribution in [2.75, 3.05) is 11.9 Å². The predicted octanol–water partition coefficient (Wildman–Crippen LogP) is 1.38. The summed E-state index contributed by atoms with van der Waals surface area (Å²) in [7, 11) is 0. The molecule has 8 heteroatoms. The summed E-state index contributed by atoms with van der Waals surface area (Å²) >= 11 is 0. The summed E-state index contributed by atoms with van der Waals surface area (Å²) in [5, 5.41) is 16.4. The normalized spacial score (nSPS) is 16.4. The highest BCUT2D eigenvalue weighted by atomic mass is 16.2. The lowest BCUT2D eigenvalue weighted by molar-refractivity contribution is -0.136. The fourth-order valence-corrected chi connectivity index (χ4v) is 2.81. The summed E-state index contributed by atoms with van der Waals surface area (Å²) in [6.45, 7) is 2.40. The minimum atomic E-state index is -0.666. The Labute approximate surface area is 145 Å². The zero-order chi connectivity index (χ0) is 17.6. The van der Waals surface area contributed by atoms with E-state index in [2.05, 4.69) is 38.3 Å². The molecule has 0 fully saturated rings. The Kier molecular flexibility index (Phi) is 5.17. The van der Waals surface area contributed by atoms with Gasteiger partial charge in [-0.1, -0.05) is 12.2 Å². The van der Waals surface area contributed by atoms with Crippen molar-refractivity contribution in [3.05, 3.63) is 42.2 Å². The zero-order valence-electron chi connectivity index (χ0n) is 14.0. The molecular weight excluding hydrogens is 320 g/mol. The summed E-state index contributed by atoms with van der Waals surface area (Å²) in [4.78, 5) is 24.0. The number of aryl methyl sites for hydroxylation is 1. The Hall–Kier alpha value is -3.03. The molecule has 1 heterocycles. The lowest BCUT2D eigenvalue weighted by Crippen LogP contribution is -2.38. The predicted molar refractivity (Wildman–Crippen MR) is 92.0 cm³/mol. The molecule has 2 N–H and O–H groups in total. The van der Waals surface area contributed by atoms with Gasteiger partial charge >= 0.3 is 11.8 Å². The number of hydrogen-bond acceptors (Lipinski definition) is 5. The van der Waals surface area contributed by atoms with E-state index in [1.165, 1.54) is 11.0 Å². The Morgan fingerprint density at radius 1 is 1.28 bits per heavy atom. The molecule has 0 saturated heterocycles. The molecule has 25 heavy (non-hydrogen) atoms. The molecule has 0 saturated carbocycles. The van der Waals surface area contributed by atoms with Crippen molar-refractivity contribution in [1.29, 1.82) is 0 Å². The summed E-state index contributed by atoms with van der Waals surface area (Å²) < 4.78 is 1.53. The molecule has 130 valence electrons. The molecule has 2 amide bonds. The number of allylic oxidation sites excluding steroid dienone is 2. The van der Waals surface area contributed by atoms with Crippen molar-refractivity contribution in [2.45, 2.75) is 26.2 Å². The van der Waals surface area contributed by atoms with Gasteiger partial charge in [0.15, 0.2) is 0 Å². The molecule has 2 aromatic rings. The molecule has 1 aliphatic rings. The average molecular weight is 340 g/mol. The molecule has 0 bridgehead atoms. The third-order valence-electron chi connectivity index (χ3n) is 4.19. The number of carbonyl (C=O) groups is 2. The van der Waals surface area contributed by atoms with Gasteiger partial charge in [-0.15, -0.1) is 5.10 Å². The molecule has 1 aliphatic carbocycles. The van der Waals surface area contributed by atoms with Crippen LogP contribution in [0.1, 0.15) is 24.8 Å². The van der Waals surface area contributed by atoms with Gasteiger partial charge in [-0.05, 0) is 66.3 Å². The second kappa shape index (κ2) is 7.69. The van der Waals surface area contributed by atoms with Crippen LogP contribution in [0.5, 0.6) is 0 Å². The average Bonchev–Trinajstić information content (AvgIpc) is 3.15. The molecule has 1 atom stereocenters. The van der Waals surface area contributed by atoms with Crippen LogP contribution in [0.25, 0.3) is 5.69 Å². The molecule has 8 nitrogen and oxygen atoms in total. The van der Waals surface area contributed by atoms with Crippen LogP contribution in [0.2, 0.25) is 0 Å². The maximum Gasteiger partial charge on any atom is 0.313 e. The standard InChI is InChI=1S/C17H20N6O2/c1-12-9-14(7-8-15(12)23-11-19-21-22-23)20-17(25)16(24)18-10-13-5-3-2-4-6-13/h2-3,7-9,11,13H,4-6,10H2,1H3,(H,18,24)(H,20,25). The van der Waals surface area contributed by atoms with Gasteiger partial charge in [0.25, 0.3) is 0 Å². The van der Waals surface area contributed by atoms with Gasteiger partial charge in [0.05, 0.1) is 5.69 Å². The summed E-state index contributed by atoms with van der Waals surface area (Å²) in [5.41, 5.74) is 2.23. The third-order valence-corrected chi connectivity index (χ3v) is 4.19. The van der Waals surface area contributed by atoms with Crippen molar-refractivity contribution < 1.29 is 9.59 Å². The van der Waals surface area contributed by atoms with E-state index in [-0.39, 0.29) is 0 Å². The monoisotopic (exact) mass is 340 g/mol. The Morgan fingerprint density at radius 2 is 2.16 bits per heavy atom. The summed E-state index contributed by atoms with van der Waals surface area (Å²) in [6.07, 6.45) is 8.77. The van der Waals surface area contributed by atoms with Gasteiger partial charge in [-0.25, -0.2) is 4.68 Å².